The number of anilines is 1. The molecular formula is C12H19ClN2O2S. The van der Waals surface area contributed by atoms with E-state index in [2.05, 4.69) is 10.0 Å². The molecule has 0 radical (unpaired) electrons. The predicted molar refractivity (Wildman–Crippen MR) is 76.6 cm³/mol. The second-order valence-corrected chi connectivity index (χ2v) is 6.27. The number of hydrogen-bond acceptors (Lipinski definition) is 3. The quantitative estimate of drug-likeness (QED) is 0.723. The standard InChI is InChI=1S/C12H19ClN2O2S/c1-2-14-8-3-4-9-18(16,17)15-12-7-5-6-11(13)10-12/h5-7,10,14-15H,2-4,8-9H2,1H3. The summed E-state index contributed by atoms with van der Waals surface area (Å²) in [4.78, 5) is 0. The van der Waals surface area contributed by atoms with Crippen LogP contribution >= 0.6 is 11.6 Å². The van der Waals surface area contributed by atoms with Gasteiger partial charge in [0, 0.05) is 10.7 Å². The maximum Gasteiger partial charge on any atom is 0.232 e. The molecule has 0 aliphatic carbocycles. The Labute approximate surface area is 114 Å². The highest BCUT2D eigenvalue weighted by Gasteiger charge is 2.09. The lowest BCUT2D eigenvalue weighted by Gasteiger charge is -2.08. The fourth-order valence-corrected chi connectivity index (χ4v) is 2.86. The molecule has 102 valence electrons. The molecule has 0 saturated heterocycles. The molecule has 0 aliphatic rings. The molecule has 0 heterocycles. The average Bonchev–Trinajstić information content (AvgIpc) is 2.28. The van der Waals surface area contributed by atoms with Crippen LogP contribution in [0.4, 0.5) is 5.69 Å². The molecule has 0 aromatic heterocycles. The Hall–Kier alpha value is -0.780. The lowest BCUT2D eigenvalue weighted by molar-refractivity contribution is 0.593. The molecule has 1 aromatic rings. The molecule has 0 unspecified atom stereocenters. The minimum atomic E-state index is -3.27. The summed E-state index contributed by atoms with van der Waals surface area (Å²) in [6.45, 7) is 3.79. The van der Waals surface area contributed by atoms with Gasteiger partial charge in [0.2, 0.25) is 10.0 Å². The molecule has 0 bridgehead atoms. The van der Waals surface area contributed by atoms with Gasteiger partial charge in [0.25, 0.3) is 0 Å². The van der Waals surface area contributed by atoms with E-state index in [1.54, 1.807) is 24.3 Å². The largest absolute Gasteiger partial charge is 0.317 e. The van der Waals surface area contributed by atoms with Gasteiger partial charge in [-0.05, 0) is 44.1 Å². The minimum Gasteiger partial charge on any atom is -0.317 e. The van der Waals surface area contributed by atoms with Crippen LogP contribution in [0.5, 0.6) is 0 Å². The molecule has 0 aliphatic heterocycles. The molecule has 2 N–H and O–H groups in total. The van der Waals surface area contributed by atoms with Crippen molar-refractivity contribution in [3.63, 3.8) is 0 Å². The molecule has 1 rings (SSSR count). The van der Waals surface area contributed by atoms with Crippen LogP contribution in [0.15, 0.2) is 24.3 Å². The number of unbranched alkanes of at least 4 members (excludes halogenated alkanes) is 1. The van der Waals surface area contributed by atoms with Gasteiger partial charge in [-0.15, -0.1) is 0 Å². The fourth-order valence-electron chi connectivity index (χ4n) is 1.50. The first-order valence-corrected chi connectivity index (χ1v) is 8.03. The van der Waals surface area contributed by atoms with Gasteiger partial charge in [-0.1, -0.05) is 24.6 Å². The zero-order valence-corrected chi connectivity index (χ0v) is 12.0. The highest BCUT2D eigenvalue weighted by molar-refractivity contribution is 7.92. The van der Waals surface area contributed by atoms with Gasteiger partial charge >= 0.3 is 0 Å². The van der Waals surface area contributed by atoms with E-state index in [9.17, 15) is 8.42 Å². The van der Waals surface area contributed by atoms with Gasteiger partial charge in [-0.3, -0.25) is 4.72 Å². The summed E-state index contributed by atoms with van der Waals surface area (Å²) in [5.41, 5.74) is 0.509. The highest BCUT2D eigenvalue weighted by Crippen LogP contribution is 2.16. The van der Waals surface area contributed by atoms with Crippen LogP contribution in [-0.2, 0) is 10.0 Å². The van der Waals surface area contributed by atoms with Crippen molar-refractivity contribution in [2.24, 2.45) is 0 Å². The third kappa shape index (κ3) is 6.23. The molecule has 0 atom stereocenters. The second-order valence-electron chi connectivity index (χ2n) is 3.99. The molecule has 1 aromatic carbocycles. The molecule has 4 nitrogen and oxygen atoms in total. The second kappa shape index (κ2) is 7.61. The Morgan fingerprint density at radius 2 is 2.06 bits per heavy atom. The topological polar surface area (TPSA) is 58.2 Å². The first-order valence-electron chi connectivity index (χ1n) is 6.00. The summed E-state index contributed by atoms with van der Waals surface area (Å²) in [5.74, 6) is 0.130. The third-order valence-electron chi connectivity index (χ3n) is 2.36. The van der Waals surface area contributed by atoms with Gasteiger partial charge in [0.15, 0.2) is 0 Å². The lowest BCUT2D eigenvalue weighted by atomic mass is 10.3. The van der Waals surface area contributed by atoms with Crippen LogP contribution in [0.1, 0.15) is 19.8 Å². The van der Waals surface area contributed by atoms with Gasteiger partial charge < -0.3 is 5.32 Å². The molecule has 6 heteroatoms. The van der Waals surface area contributed by atoms with Crippen LogP contribution in [-0.4, -0.2) is 27.3 Å². The van der Waals surface area contributed by atoms with Crippen molar-refractivity contribution in [1.82, 2.24) is 5.32 Å². The third-order valence-corrected chi connectivity index (χ3v) is 3.97. The number of hydrogen-bond donors (Lipinski definition) is 2. The normalized spacial score (nSPS) is 11.4. The van der Waals surface area contributed by atoms with Crippen molar-refractivity contribution in [3.8, 4) is 0 Å². The lowest BCUT2D eigenvalue weighted by Crippen LogP contribution is -2.19. The van der Waals surface area contributed by atoms with Gasteiger partial charge in [0.05, 0.1) is 5.75 Å². The van der Waals surface area contributed by atoms with E-state index in [4.69, 9.17) is 11.6 Å². The van der Waals surface area contributed by atoms with Crippen molar-refractivity contribution in [2.75, 3.05) is 23.6 Å². The van der Waals surface area contributed by atoms with Crippen LogP contribution in [0, 0.1) is 0 Å². The van der Waals surface area contributed by atoms with Crippen LogP contribution < -0.4 is 10.0 Å². The Morgan fingerprint density at radius 3 is 2.72 bits per heavy atom. The van der Waals surface area contributed by atoms with Crippen LogP contribution in [0.2, 0.25) is 5.02 Å². The number of benzene rings is 1. The van der Waals surface area contributed by atoms with Crippen molar-refractivity contribution >= 4 is 27.3 Å². The fraction of sp³-hybridized carbons (Fsp3) is 0.500. The van der Waals surface area contributed by atoms with E-state index in [0.717, 1.165) is 19.5 Å². The van der Waals surface area contributed by atoms with Crippen LogP contribution in [0.25, 0.3) is 0 Å². The predicted octanol–water partition coefficient (Wildman–Crippen LogP) is 2.47. The van der Waals surface area contributed by atoms with E-state index in [0.29, 0.717) is 17.1 Å². The summed E-state index contributed by atoms with van der Waals surface area (Å²) in [5, 5.41) is 3.68. The Morgan fingerprint density at radius 1 is 1.28 bits per heavy atom. The SMILES string of the molecule is CCNCCCCS(=O)(=O)Nc1cccc(Cl)c1. The number of rotatable bonds is 8. The number of nitrogens with one attached hydrogen (secondary N) is 2. The minimum absolute atomic E-state index is 0.130. The Kier molecular flexibility index (Phi) is 6.46. The van der Waals surface area contributed by atoms with Gasteiger partial charge in [0.1, 0.15) is 0 Å². The van der Waals surface area contributed by atoms with E-state index in [-0.39, 0.29) is 5.75 Å². The van der Waals surface area contributed by atoms with Crippen molar-refractivity contribution in [2.45, 2.75) is 19.8 Å². The van der Waals surface area contributed by atoms with Crippen molar-refractivity contribution in [3.05, 3.63) is 29.3 Å². The molecule has 18 heavy (non-hydrogen) atoms. The van der Waals surface area contributed by atoms with E-state index < -0.39 is 10.0 Å². The van der Waals surface area contributed by atoms with E-state index in [1.807, 2.05) is 6.92 Å². The first kappa shape index (κ1) is 15.3. The molecule has 0 amide bonds. The summed E-state index contributed by atoms with van der Waals surface area (Å²) in [7, 11) is -3.27. The molecule has 0 saturated carbocycles. The maximum atomic E-state index is 11.8. The van der Waals surface area contributed by atoms with Crippen molar-refractivity contribution in [1.29, 1.82) is 0 Å². The van der Waals surface area contributed by atoms with E-state index in [1.165, 1.54) is 0 Å². The average molecular weight is 291 g/mol. The maximum absolute atomic E-state index is 11.8. The highest BCUT2D eigenvalue weighted by atomic mass is 35.5. The van der Waals surface area contributed by atoms with Gasteiger partial charge in [-0.2, -0.15) is 0 Å². The number of halogens is 1. The first-order chi connectivity index (χ1) is 8.53. The summed E-state index contributed by atoms with van der Waals surface area (Å²) in [6, 6.07) is 6.70. The van der Waals surface area contributed by atoms with Crippen LogP contribution in [0.3, 0.4) is 0 Å². The summed E-state index contributed by atoms with van der Waals surface area (Å²) in [6.07, 6.45) is 1.49. The summed E-state index contributed by atoms with van der Waals surface area (Å²) < 4.78 is 26.1. The van der Waals surface area contributed by atoms with E-state index >= 15 is 0 Å². The zero-order chi connectivity index (χ0) is 13.4. The molecule has 0 spiro atoms. The zero-order valence-electron chi connectivity index (χ0n) is 10.4. The monoisotopic (exact) mass is 290 g/mol. The smallest absolute Gasteiger partial charge is 0.232 e. The molecular weight excluding hydrogens is 272 g/mol. The van der Waals surface area contributed by atoms with Gasteiger partial charge in [-0.25, -0.2) is 8.42 Å². The Bertz CT molecular complexity index is 463. The molecule has 0 fully saturated rings. The number of sulfonamides is 1. The van der Waals surface area contributed by atoms with Crippen molar-refractivity contribution < 1.29 is 8.42 Å². The summed E-state index contributed by atoms with van der Waals surface area (Å²) >= 11 is 5.79. The Balaban J connectivity index is 2.40.